The zero-order valence-corrected chi connectivity index (χ0v) is 22.1. The quantitative estimate of drug-likeness (QED) is 0.598. The number of allylic oxidation sites excluding steroid dienone is 1. The summed E-state index contributed by atoms with van der Waals surface area (Å²) in [6, 6.07) is 10.0. The first-order chi connectivity index (χ1) is 16.7. The maximum absolute atomic E-state index is 13.8. The molecule has 3 atom stereocenters. The number of aliphatic imine (C=N–C) groups is 1. The number of benzene rings is 1. The predicted octanol–water partition coefficient (Wildman–Crippen LogP) is 2.62. The molecule has 192 valence electrons. The number of amidine groups is 1. The van der Waals surface area contributed by atoms with Gasteiger partial charge in [-0.25, -0.2) is 9.79 Å². The molecule has 2 heterocycles. The Labute approximate surface area is 214 Å². The number of hydrogen-bond acceptors (Lipinski definition) is 7. The fraction of sp³-hybridized carbons (Fsp3) is 0.577. The lowest BCUT2D eigenvalue weighted by Crippen LogP contribution is -2.54. The molecule has 0 unspecified atom stereocenters. The van der Waals surface area contributed by atoms with Crippen molar-refractivity contribution < 1.29 is 9.59 Å². The van der Waals surface area contributed by atoms with Gasteiger partial charge in [0.1, 0.15) is 0 Å². The van der Waals surface area contributed by atoms with Crippen molar-refractivity contribution in [2.45, 2.75) is 31.7 Å². The Kier molecular flexibility index (Phi) is 10.2. The summed E-state index contributed by atoms with van der Waals surface area (Å²) in [5, 5.41) is 3.50. The van der Waals surface area contributed by atoms with E-state index in [1.165, 1.54) is 4.90 Å². The van der Waals surface area contributed by atoms with Gasteiger partial charge in [0.2, 0.25) is 5.91 Å². The number of nitrogens with zero attached hydrogens (tertiary/aromatic N) is 4. The van der Waals surface area contributed by atoms with Gasteiger partial charge in [-0.3, -0.25) is 9.69 Å². The molecule has 8 nitrogen and oxygen atoms in total. The van der Waals surface area contributed by atoms with E-state index in [4.69, 9.17) is 5.73 Å². The number of likely N-dealkylation sites (tertiary alicyclic amines) is 1. The van der Waals surface area contributed by atoms with Crippen LogP contribution in [0.2, 0.25) is 0 Å². The molecule has 0 radical (unpaired) electrons. The van der Waals surface area contributed by atoms with Gasteiger partial charge in [-0.1, -0.05) is 48.7 Å². The lowest BCUT2D eigenvalue weighted by atomic mass is 9.79. The van der Waals surface area contributed by atoms with Gasteiger partial charge in [-0.15, -0.1) is 0 Å². The first kappa shape index (κ1) is 27.2. The molecule has 1 saturated heterocycles. The number of nitrogens with two attached hydrogens (primary N) is 1. The predicted molar refractivity (Wildman–Crippen MR) is 144 cm³/mol. The fourth-order valence-corrected chi connectivity index (χ4v) is 5.78. The molecule has 35 heavy (non-hydrogen) atoms. The maximum Gasteiger partial charge on any atom is 0.324 e. The molecule has 9 heteroatoms. The molecule has 0 bridgehead atoms. The van der Waals surface area contributed by atoms with Crippen LogP contribution in [-0.2, 0) is 11.2 Å². The number of thioether (sulfide) groups is 1. The summed E-state index contributed by atoms with van der Waals surface area (Å²) in [6.07, 6.45) is 3.04. The van der Waals surface area contributed by atoms with Crippen LogP contribution in [0.3, 0.4) is 0 Å². The average molecular weight is 501 g/mol. The van der Waals surface area contributed by atoms with Crippen LogP contribution in [0, 0.1) is 11.8 Å². The monoisotopic (exact) mass is 500 g/mol. The van der Waals surface area contributed by atoms with Crippen LogP contribution in [-0.4, -0.2) is 90.9 Å². The van der Waals surface area contributed by atoms with Crippen molar-refractivity contribution in [1.82, 2.24) is 20.0 Å². The maximum atomic E-state index is 13.8. The lowest BCUT2D eigenvalue weighted by molar-refractivity contribution is -0.135. The molecule has 0 aromatic heterocycles. The van der Waals surface area contributed by atoms with E-state index in [9.17, 15) is 9.59 Å². The summed E-state index contributed by atoms with van der Waals surface area (Å²) in [4.78, 5) is 37.1. The van der Waals surface area contributed by atoms with Crippen LogP contribution in [0.1, 0.15) is 24.8 Å². The van der Waals surface area contributed by atoms with E-state index in [-0.39, 0.29) is 23.8 Å². The summed E-state index contributed by atoms with van der Waals surface area (Å²) >= 11 is 1.57. The fourth-order valence-electron chi connectivity index (χ4n) is 5.01. The van der Waals surface area contributed by atoms with Crippen molar-refractivity contribution >= 4 is 28.9 Å². The topological polar surface area (TPSA) is 94.3 Å². The molecule has 1 fully saturated rings. The largest absolute Gasteiger partial charge is 0.378 e. The Morgan fingerprint density at radius 2 is 2.00 bits per heavy atom. The molecular weight excluding hydrogens is 460 g/mol. The molecule has 3 rings (SSSR count). The standard InChI is InChI=1S/C26H40N6O2S/c1-19-16-21-17-22(18-31(4)23(21)11-15-35-25(27)29-19)24(33)32(26(34)28-12-14-30(2)3)13-10-20-8-6-5-7-9-20/h5-9,21-23H,1,10-18H2,2-4H3,(H2,27,29)(H,28,34)/t21-,22+,23+/m0/s1. The summed E-state index contributed by atoms with van der Waals surface area (Å²) in [5.74, 6) is 0.790. The molecule has 2 aliphatic rings. The minimum Gasteiger partial charge on any atom is -0.378 e. The third kappa shape index (κ3) is 8.08. The van der Waals surface area contributed by atoms with Gasteiger partial charge >= 0.3 is 6.03 Å². The summed E-state index contributed by atoms with van der Waals surface area (Å²) in [5.41, 5.74) is 7.87. The summed E-state index contributed by atoms with van der Waals surface area (Å²) in [7, 11) is 6.00. The van der Waals surface area contributed by atoms with Crippen molar-refractivity contribution in [2.24, 2.45) is 22.6 Å². The molecule has 3 N–H and O–H groups in total. The van der Waals surface area contributed by atoms with E-state index < -0.39 is 0 Å². The Bertz CT molecular complexity index is 906. The van der Waals surface area contributed by atoms with Crippen molar-refractivity contribution in [3.63, 3.8) is 0 Å². The first-order valence-corrected chi connectivity index (χ1v) is 13.4. The van der Waals surface area contributed by atoms with Gasteiger partial charge in [-0.05, 0) is 58.3 Å². The Morgan fingerprint density at radius 1 is 1.26 bits per heavy atom. The van der Waals surface area contributed by atoms with Crippen LogP contribution in [0.25, 0.3) is 0 Å². The molecule has 1 aromatic rings. The SMILES string of the molecule is C=C1C[C@H]2C[C@@H](C(=O)N(CCc3ccccc3)C(=O)NCCN(C)C)CN(C)[C@@H]2CCSC(N)=N1. The highest BCUT2D eigenvalue weighted by atomic mass is 32.2. The highest BCUT2D eigenvalue weighted by molar-refractivity contribution is 8.13. The number of carbonyl (C=O) groups is 2. The number of rotatable bonds is 7. The molecular formula is C26H40N6O2S. The Balaban J connectivity index is 1.74. The minimum absolute atomic E-state index is 0.101. The molecule has 0 saturated carbocycles. The zero-order valence-electron chi connectivity index (χ0n) is 21.3. The van der Waals surface area contributed by atoms with Crippen LogP contribution in [0.15, 0.2) is 47.6 Å². The lowest BCUT2D eigenvalue weighted by Gasteiger charge is -2.43. The number of amides is 3. The second kappa shape index (κ2) is 13.1. The molecule has 3 amide bonds. The van der Waals surface area contributed by atoms with Crippen LogP contribution in [0.5, 0.6) is 0 Å². The van der Waals surface area contributed by atoms with Gasteiger partial charge in [0.15, 0.2) is 5.17 Å². The molecule has 0 spiro atoms. The van der Waals surface area contributed by atoms with Gasteiger partial charge in [-0.2, -0.15) is 0 Å². The second-order valence-corrected chi connectivity index (χ2v) is 10.9. The number of urea groups is 1. The van der Waals surface area contributed by atoms with Crippen molar-refractivity contribution in [3.8, 4) is 0 Å². The zero-order chi connectivity index (χ0) is 25.4. The highest BCUT2D eigenvalue weighted by Crippen LogP contribution is 2.35. The number of likely N-dealkylation sites (N-methyl/N-ethyl adjacent to an activating group) is 1. The van der Waals surface area contributed by atoms with E-state index >= 15 is 0 Å². The summed E-state index contributed by atoms with van der Waals surface area (Å²) in [6.45, 7) is 6.31. The van der Waals surface area contributed by atoms with E-state index in [0.717, 1.165) is 29.9 Å². The number of piperidine rings is 1. The van der Waals surface area contributed by atoms with E-state index in [1.807, 2.05) is 49.3 Å². The van der Waals surface area contributed by atoms with Crippen molar-refractivity contribution in [3.05, 3.63) is 48.2 Å². The Hall–Kier alpha value is -2.36. The van der Waals surface area contributed by atoms with Gasteiger partial charge in [0.05, 0.1) is 5.92 Å². The van der Waals surface area contributed by atoms with Crippen LogP contribution >= 0.6 is 11.8 Å². The average Bonchev–Trinajstić information content (AvgIpc) is 2.87. The normalized spacial score (nSPS) is 23.5. The third-order valence-corrected chi connectivity index (χ3v) is 7.63. The molecule has 2 aliphatic heterocycles. The number of hydrogen-bond donors (Lipinski definition) is 2. The smallest absolute Gasteiger partial charge is 0.324 e. The highest BCUT2D eigenvalue weighted by Gasteiger charge is 2.40. The van der Waals surface area contributed by atoms with E-state index in [2.05, 4.69) is 28.8 Å². The number of imide groups is 1. The minimum atomic E-state index is -0.315. The van der Waals surface area contributed by atoms with Gasteiger partial charge in [0.25, 0.3) is 0 Å². The molecule has 0 aliphatic carbocycles. The van der Waals surface area contributed by atoms with E-state index in [1.54, 1.807) is 11.8 Å². The number of nitrogens with one attached hydrogen (secondary N) is 1. The number of carbonyl (C=O) groups excluding carboxylic acids is 2. The molecule has 1 aromatic carbocycles. The Morgan fingerprint density at radius 3 is 2.71 bits per heavy atom. The van der Waals surface area contributed by atoms with Crippen LogP contribution < -0.4 is 11.1 Å². The van der Waals surface area contributed by atoms with Crippen molar-refractivity contribution in [2.75, 3.05) is 53.1 Å². The second-order valence-electron chi connectivity index (χ2n) is 9.82. The van der Waals surface area contributed by atoms with Crippen molar-refractivity contribution in [1.29, 1.82) is 0 Å². The summed E-state index contributed by atoms with van der Waals surface area (Å²) < 4.78 is 0. The van der Waals surface area contributed by atoms with Gasteiger partial charge in [0, 0.05) is 43.7 Å². The van der Waals surface area contributed by atoms with Gasteiger partial charge < -0.3 is 20.9 Å². The van der Waals surface area contributed by atoms with Crippen LogP contribution in [0.4, 0.5) is 4.79 Å². The third-order valence-electron chi connectivity index (χ3n) is 6.80. The number of fused-ring (bicyclic) bond motifs is 1. The first-order valence-electron chi connectivity index (χ1n) is 12.4. The van der Waals surface area contributed by atoms with E-state index in [0.29, 0.717) is 50.2 Å².